The third-order valence-corrected chi connectivity index (χ3v) is 5.01. The van der Waals surface area contributed by atoms with Gasteiger partial charge in [0.25, 0.3) is 5.56 Å². The fourth-order valence-corrected chi connectivity index (χ4v) is 3.35. The molecule has 1 atom stereocenters. The highest BCUT2D eigenvalue weighted by Crippen LogP contribution is 2.27. The van der Waals surface area contributed by atoms with Crippen molar-refractivity contribution in [2.24, 2.45) is 7.05 Å². The van der Waals surface area contributed by atoms with Crippen LogP contribution in [0.1, 0.15) is 23.6 Å². The molecule has 0 aliphatic rings. The highest BCUT2D eigenvalue weighted by molar-refractivity contribution is 5.91. The number of nitrogens with zero attached hydrogens (tertiary/aromatic N) is 1. The number of hydrogen-bond donors (Lipinski definition) is 4. The number of urea groups is 1. The maximum atomic E-state index is 14.0. The number of aliphatic carboxylic acids is 1. The summed E-state index contributed by atoms with van der Waals surface area (Å²) in [5.74, 6) is -3.04. The van der Waals surface area contributed by atoms with Crippen LogP contribution in [0.3, 0.4) is 0 Å². The summed E-state index contributed by atoms with van der Waals surface area (Å²) in [6.07, 6.45) is 0.926. The van der Waals surface area contributed by atoms with Gasteiger partial charge in [-0.05, 0) is 30.2 Å². The molecule has 3 aromatic rings. The van der Waals surface area contributed by atoms with E-state index in [0.29, 0.717) is 16.7 Å². The van der Waals surface area contributed by atoms with Crippen molar-refractivity contribution in [2.45, 2.75) is 19.4 Å². The molecule has 2 amide bonds. The zero-order valence-corrected chi connectivity index (χ0v) is 17.7. The normalized spacial score (nSPS) is 11.6. The van der Waals surface area contributed by atoms with Crippen LogP contribution in [0.4, 0.5) is 19.3 Å². The Morgan fingerprint density at radius 2 is 1.79 bits per heavy atom. The molecule has 0 aliphatic carbocycles. The largest absolute Gasteiger partial charge is 0.505 e. The second-order valence-electron chi connectivity index (χ2n) is 7.45. The average molecular weight is 457 g/mol. The van der Waals surface area contributed by atoms with Crippen LogP contribution in [0.2, 0.25) is 0 Å². The van der Waals surface area contributed by atoms with Crippen LogP contribution in [0.5, 0.6) is 5.75 Å². The van der Waals surface area contributed by atoms with Gasteiger partial charge in [-0.2, -0.15) is 0 Å². The molecule has 0 bridgehead atoms. The van der Waals surface area contributed by atoms with Crippen molar-refractivity contribution < 1.29 is 28.6 Å². The van der Waals surface area contributed by atoms with Crippen molar-refractivity contribution in [2.75, 3.05) is 5.32 Å². The standard InChI is InChI=1S/C23H21F2N3O5/c1-12-11-28(2)22(32)20(21(12)31)27-23(33)26-18(10-19(29)30)14-5-3-13(4-6-14)16-8-7-15(24)9-17(16)25/h3-9,11,18,31H,10H2,1-2H3,(H,29,30)(H2,26,27,33)/t18-/m0/s1. The van der Waals surface area contributed by atoms with Crippen LogP contribution in [0.15, 0.2) is 53.5 Å². The molecule has 1 aromatic heterocycles. The first-order valence-corrected chi connectivity index (χ1v) is 9.80. The molecule has 0 spiro atoms. The van der Waals surface area contributed by atoms with E-state index in [9.17, 15) is 33.4 Å². The highest BCUT2D eigenvalue weighted by atomic mass is 19.1. The monoisotopic (exact) mass is 457 g/mol. The van der Waals surface area contributed by atoms with E-state index in [2.05, 4.69) is 10.6 Å². The number of anilines is 1. The van der Waals surface area contributed by atoms with E-state index in [1.54, 1.807) is 6.92 Å². The maximum absolute atomic E-state index is 14.0. The molecule has 0 aliphatic heterocycles. The van der Waals surface area contributed by atoms with Gasteiger partial charge in [-0.25, -0.2) is 13.6 Å². The number of carbonyl (C=O) groups excluding carboxylic acids is 1. The third kappa shape index (κ3) is 5.35. The summed E-state index contributed by atoms with van der Waals surface area (Å²) in [6.45, 7) is 1.55. The molecule has 1 heterocycles. The molecular formula is C23H21F2N3O5. The van der Waals surface area contributed by atoms with Crippen LogP contribution >= 0.6 is 0 Å². The van der Waals surface area contributed by atoms with Crippen LogP contribution in [-0.2, 0) is 11.8 Å². The Balaban J connectivity index is 1.84. The first kappa shape index (κ1) is 23.5. The van der Waals surface area contributed by atoms with Gasteiger partial charge in [0.15, 0.2) is 5.69 Å². The lowest BCUT2D eigenvalue weighted by Crippen LogP contribution is -2.36. The second kappa shape index (κ2) is 9.51. The van der Waals surface area contributed by atoms with Gasteiger partial charge in [0.05, 0.1) is 12.5 Å². The molecule has 2 aromatic carbocycles. The number of amides is 2. The fraction of sp³-hybridized carbons (Fsp3) is 0.174. The lowest BCUT2D eigenvalue weighted by atomic mass is 9.99. The molecule has 0 unspecified atom stereocenters. The minimum atomic E-state index is -1.19. The van der Waals surface area contributed by atoms with E-state index in [-0.39, 0.29) is 11.3 Å². The number of aromatic hydroxyl groups is 1. The predicted molar refractivity (Wildman–Crippen MR) is 117 cm³/mol. The minimum Gasteiger partial charge on any atom is -0.505 e. The average Bonchev–Trinajstić information content (AvgIpc) is 2.75. The summed E-state index contributed by atoms with van der Waals surface area (Å²) in [5.41, 5.74) is 0.371. The molecule has 0 saturated carbocycles. The number of aryl methyl sites for hydroxylation is 2. The Hall–Kier alpha value is -4.21. The number of carboxylic acid groups (broad SMARTS) is 1. The zero-order chi connectivity index (χ0) is 24.3. The van der Waals surface area contributed by atoms with Gasteiger partial charge in [-0.15, -0.1) is 0 Å². The van der Waals surface area contributed by atoms with Gasteiger partial charge in [0.1, 0.15) is 17.4 Å². The number of carboxylic acids is 1. The van der Waals surface area contributed by atoms with E-state index in [1.807, 2.05) is 0 Å². The Morgan fingerprint density at radius 1 is 1.12 bits per heavy atom. The first-order chi connectivity index (χ1) is 15.6. The van der Waals surface area contributed by atoms with E-state index in [1.165, 1.54) is 48.1 Å². The summed E-state index contributed by atoms with van der Waals surface area (Å²) < 4.78 is 28.4. The van der Waals surface area contributed by atoms with E-state index in [0.717, 1.165) is 12.1 Å². The van der Waals surface area contributed by atoms with Gasteiger partial charge in [0.2, 0.25) is 0 Å². The van der Waals surface area contributed by atoms with E-state index < -0.39 is 47.4 Å². The number of aromatic nitrogens is 1. The molecule has 172 valence electrons. The van der Waals surface area contributed by atoms with Gasteiger partial charge in [-0.3, -0.25) is 9.59 Å². The number of halogens is 2. The first-order valence-electron chi connectivity index (χ1n) is 9.80. The molecule has 10 heteroatoms. The summed E-state index contributed by atoms with van der Waals surface area (Å²) in [4.78, 5) is 36.1. The van der Waals surface area contributed by atoms with Crippen molar-refractivity contribution in [3.63, 3.8) is 0 Å². The Labute approximate surface area is 187 Å². The highest BCUT2D eigenvalue weighted by Gasteiger charge is 2.21. The van der Waals surface area contributed by atoms with Gasteiger partial charge in [-0.1, -0.05) is 24.3 Å². The quantitative estimate of drug-likeness (QED) is 0.450. The van der Waals surface area contributed by atoms with Crippen molar-refractivity contribution in [3.05, 3.63) is 81.8 Å². The van der Waals surface area contributed by atoms with E-state index in [4.69, 9.17) is 0 Å². The molecule has 8 nitrogen and oxygen atoms in total. The van der Waals surface area contributed by atoms with Crippen LogP contribution in [-0.4, -0.2) is 26.8 Å². The lowest BCUT2D eigenvalue weighted by molar-refractivity contribution is -0.137. The Morgan fingerprint density at radius 3 is 2.39 bits per heavy atom. The number of rotatable bonds is 6. The van der Waals surface area contributed by atoms with Crippen molar-refractivity contribution in [1.29, 1.82) is 0 Å². The van der Waals surface area contributed by atoms with E-state index >= 15 is 0 Å². The van der Waals surface area contributed by atoms with Crippen LogP contribution in [0.25, 0.3) is 11.1 Å². The smallest absolute Gasteiger partial charge is 0.319 e. The summed E-state index contributed by atoms with van der Waals surface area (Å²) >= 11 is 0. The Bertz CT molecular complexity index is 1270. The molecule has 0 saturated heterocycles. The van der Waals surface area contributed by atoms with Gasteiger partial charge >= 0.3 is 12.0 Å². The van der Waals surface area contributed by atoms with Crippen molar-refractivity contribution in [3.8, 4) is 16.9 Å². The second-order valence-corrected chi connectivity index (χ2v) is 7.45. The molecule has 0 radical (unpaired) electrons. The fourth-order valence-electron chi connectivity index (χ4n) is 3.35. The number of pyridine rings is 1. The van der Waals surface area contributed by atoms with Crippen LogP contribution in [0, 0.1) is 18.6 Å². The maximum Gasteiger partial charge on any atom is 0.319 e. The van der Waals surface area contributed by atoms with Gasteiger partial charge < -0.3 is 25.4 Å². The Kier molecular flexibility index (Phi) is 6.76. The molecule has 0 fully saturated rings. The van der Waals surface area contributed by atoms with Crippen molar-refractivity contribution in [1.82, 2.24) is 9.88 Å². The summed E-state index contributed by atoms with van der Waals surface area (Å²) in [6, 6.07) is 7.33. The molecule has 4 N–H and O–H groups in total. The summed E-state index contributed by atoms with van der Waals surface area (Å²) in [5, 5.41) is 24.1. The topological polar surface area (TPSA) is 121 Å². The van der Waals surface area contributed by atoms with Crippen LogP contribution < -0.4 is 16.2 Å². The number of hydrogen-bond acceptors (Lipinski definition) is 4. The number of carbonyl (C=O) groups is 2. The molecule has 3 rings (SSSR count). The summed E-state index contributed by atoms with van der Waals surface area (Å²) in [7, 11) is 1.45. The van der Waals surface area contributed by atoms with Gasteiger partial charge in [0, 0.05) is 30.4 Å². The number of nitrogens with one attached hydrogen (secondary N) is 2. The predicted octanol–water partition coefficient (Wildman–Crippen LogP) is 3.68. The zero-order valence-electron chi connectivity index (χ0n) is 17.7. The lowest BCUT2D eigenvalue weighted by Gasteiger charge is -2.19. The molecular weight excluding hydrogens is 436 g/mol. The third-order valence-electron chi connectivity index (χ3n) is 5.01. The van der Waals surface area contributed by atoms with Crippen molar-refractivity contribution >= 4 is 17.7 Å². The number of benzene rings is 2. The minimum absolute atomic E-state index is 0.161. The SMILES string of the molecule is Cc1cn(C)c(=O)c(NC(=O)N[C@@H](CC(=O)O)c2ccc(-c3ccc(F)cc3F)cc2)c1O. The molecule has 33 heavy (non-hydrogen) atoms.